The summed E-state index contributed by atoms with van der Waals surface area (Å²) >= 11 is 1.35. The molecule has 1 aliphatic rings. The summed E-state index contributed by atoms with van der Waals surface area (Å²) < 4.78 is 7.35. The zero-order valence-corrected chi connectivity index (χ0v) is 19.3. The summed E-state index contributed by atoms with van der Waals surface area (Å²) in [5.74, 6) is 1.56. The number of hydrogen-bond acceptors (Lipinski definition) is 5. The van der Waals surface area contributed by atoms with Gasteiger partial charge in [0.25, 0.3) is 11.5 Å². The van der Waals surface area contributed by atoms with Crippen molar-refractivity contribution in [3.63, 3.8) is 0 Å². The van der Waals surface area contributed by atoms with Gasteiger partial charge >= 0.3 is 0 Å². The monoisotopic (exact) mass is 439 g/mol. The maximum atomic E-state index is 13.6. The molecular weight excluding hydrogens is 410 g/mol. The van der Waals surface area contributed by atoms with Gasteiger partial charge in [-0.25, -0.2) is 4.98 Å². The van der Waals surface area contributed by atoms with Crippen LogP contribution in [0.1, 0.15) is 60.6 Å². The summed E-state index contributed by atoms with van der Waals surface area (Å²) in [6, 6.07) is 7.60. The van der Waals surface area contributed by atoms with Crippen molar-refractivity contribution in [2.24, 2.45) is 0 Å². The summed E-state index contributed by atoms with van der Waals surface area (Å²) in [5, 5.41) is 0.599. The Kier molecular flexibility index (Phi) is 6.41. The minimum atomic E-state index is -0.0777. The lowest BCUT2D eigenvalue weighted by Gasteiger charge is -2.22. The highest BCUT2D eigenvalue weighted by Crippen LogP contribution is 2.31. The smallest absolute Gasteiger partial charge is 0.268 e. The molecule has 0 spiro atoms. The molecule has 0 N–H and O–H groups in total. The van der Waals surface area contributed by atoms with E-state index < -0.39 is 0 Å². The Balaban J connectivity index is 1.75. The molecule has 3 aromatic rings. The van der Waals surface area contributed by atoms with Crippen LogP contribution in [0.15, 0.2) is 29.1 Å². The van der Waals surface area contributed by atoms with Crippen molar-refractivity contribution in [2.45, 2.75) is 59.4 Å². The second-order valence-electron chi connectivity index (χ2n) is 7.92. The van der Waals surface area contributed by atoms with E-state index in [9.17, 15) is 9.59 Å². The first kappa shape index (κ1) is 21.6. The number of rotatable bonds is 6. The lowest BCUT2D eigenvalue weighted by molar-refractivity contribution is 0.0990. The standard InChI is InChI=1S/C24H29N3O3S/c1-4-14-26(17-10-12-18(13-11-17)30-5-2)24(29)21-16(3)20-22(31-21)25-19-9-7-6-8-15-27(19)23(20)28/h10-13H,4-9,14-15H2,1-3H3. The van der Waals surface area contributed by atoms with Crippen LogP contribution in [-0.4, -0.2) is 28.6 Å². The maximum absolute atomic E-state index is 13.6. The number of aryl methyl sites for hydroxylation is 2. The zero-order valence-electron chi connectivity index (χ0n) is 18.4. The Morgan fingerprint density at radius 1 is 1.19 bits per heavy atom. The van der Waals surface area contributed by atoms with Crippen molar-refractivity contribution in [1.82, 2.24) is 9.55 Å². The Hall–Kier alpha value is -2.67. The second-order valence-corrected chi connectivity index (χ2v) is 8.91. The summed E-state index contributed by atoms with van der Waals surface area (Å²) in [6.45, 7) is 7.79. The molecule has 2 aromatic heterocycles. The Labute approximate surface area is 186 Å². The molecule has 0 aliphatic carbocycles. The van der Waals surface area contributed by atoms with Crippen molar-refractivity contribution in [1.29, 1.82) is 0 Å². The van der Waals surface area contributed by atoms with Crippen LogP contribution in [0.3, 0.4) is 0 Å². The lowest BCUT2D eigenvalue weighted by atomic mass is 10.1. The molecule has 0 bridgehead atoms. The Morgan fingerprint density at radius 3 is 2.68 bits per heavy atom. The van der Waals surface area contributed by atoms with Gasteiger partial charge in [0.2, 0.25) is 0 Å². The average Bonchev–Trinajstić information content (AvgIpc) is 2.94. The first-order valence-corrected chi connectivity index (χ1v) is 11.9. The molecule has 0 atom stereocenters. The highest BCUT2D eigenvalue weighted by Gasteiger charge is 2.26. The van der Waals surface area contributed by atoms with Crippen molar-refractivity contribution < 1.29 is 9.53 Å². The number of thiophene rings is 1. The predicted molar refractivity (Wildman–Crippen MR) is 126 cm³/mol. The number of aromatic nitrogens is 2. The highest BCUT2D eigenvalue weighted by atomic mass is 32.1. The average molecular weight is 440 g/mol. The molecule has 6 nitrogen and oxygen atoms in total. The van der Waals surface area contributed by atoms with E-state index in [-0.39, 0.29) is 11.5 Å². The first-order chi connectivity index (χ1) is 15.0. The number of carbonyl (C=O) groups is 1. The quantitative estimate of drug-likeness (QED) is 0.545. The van der Waals surface area contributed by atoms with Gasteiger partial charge in [0.1, 0.15) is 16.4 Å². The van der Waals surface area contributed by atoms with Gasteiger partial charge in [-0.2, -0.15) is 0 Å². The Morgan fingerprint density at radius 2 is 1.97 bits per heavy atom. The molecular formula is C24H29N3O3S. The summed E-state index contributed by atoms with van der Waals surface area (Å²) in [6.07, 6.45) is 4.82. The molecule has 1 amide bonds. The van der Waals surface area contributed by atoms with Crippen LogP contribution < -0.4 is 15.2 Å². The van der Waals surface area contributed by atoms with E-state index in [2.05, 4.69) is 6.92 Å². The van der Waals surface area contributed by atoms with E-state index in [1.54, 1.807) is 4.90 Å². The van der Waals surface area contributed by atoms with Crippen LogP contribution in [0.2, 0.25) is 0 Å². The molecule has 0 radical (unpaired) electrons. The van der Waals surface area contributed by atoms with Crippen molar-refractivity contribution in [3.05, 3.63) is 50.9 Å². The minimum absolute atomic E-state index is 0.00203. The van der Waals surface area contributed by atoms with Gasteiger partial charge in [0, 0.05) is 25.2 Å². The van der Waals surface area contributed by atoms with Gasteiger partial charge in [-0.1, -0.05) is 13.3 Å². The number of ether oxygens (including phenoxy) is 1. The number of amides is 1. The van der Waals surface area contributed by atoms with Gasteiger partial charge in [-0.05, 0) is 62.9 Å². The fourth-order valence-electron chi connectivity index (χ4n) is 4.20. The van der Waals surface area contributed by atoms with Gasteiger partial charge in [0.15, 0.2) is 0 Å². The predicted octanol–water partition coefficient (Wildman–Crippen LogP) is 4.95. The van der Waals surface area contributed by atoms with Crippen molar-refractivity contribution in [2.75, 3.05) is 18.1 Å². The molecule has 0 fully saturated rings. The SMILES string of the molecule is CCCN(C(=O)c1sc2nc3n(c(=O)c2c1C)CCCCC3)c1ccc(OCC)cc1. The number of hydrogen-bond donors (Lipinski definition) is 0. The van der Waals surface area contributed by atoms with Crippen LogP contribution in [0.4, 0.5) is 5.69 Å². The second kappa shape index (κ2) is 9.22. The highest BCUT2D eigenvalue weighted by molar-refractivity contribution is 7.20. The van der Waals surface area contributed by atoms with E-state index in [0.717, 1.165) is 54.9 Å². The molecule has 0 saturated heterocycles. The molecule has 3 heterocycles. The molecule has 1 aromatic carbocycles. The van der Waals surface area contributed by atoms with Crippen molar-refractivity contribution in [3.8, 4) is 5.75 Å². The van der Waals surface area contributed by atoms with E-state index >= 15 is 0 Å². The topological polar surface area (TPSA) is 64.4 Å². The zero-order chi connectivity index (χ0) is 22.0. The van der Waals surface area contributed by atoms with Gasteiger partial charge < -0.3 is 9.64 Å². The number of anilines is 1. The largest absolute Gasteiger partial charge is 0.494 e. The van der Waals surface area contributed by atoms with E-state index in [1.165, 1.54) is 11.3 Å². The maximum Gasteiger partial charge on any atom is 0.268 e. The fraction of sp³-hybridized carbons (Fsp3) is 0.458. The fourth-order valence-corrected chi connectivity index (χ4v) is 5.34. The van der Waals surface area contributed by atoms with E-state index in [4.69, 9.17) is 9.72 Å². The van der Waals surface area contributed by atoms with Crippen LogP contribution in [0, 0.1) is 6.92 Å². The van der Waals surface area contributed by atoms with E-state index in [0.29, 0.717) is 34.8 Å². The Bertz CT molecular complexity index is 1150. The van der Waals surface area contributed by atoms with Crippen LogP contribution in [0.5, 0.6) is 5.75 Å². The molecule has 0 saturated carbocycles. The van der Waals surface area contributed by atoms with Gasteiger partial charge in [0.05, 0.1) is 16.9 Å². The van der Waals surface area contributed by atoms with Crippen LogP contribution >= 0.6 is 11.3 Å². The molecule has 31 heavy (non-hydrogen) atoms. The minimum Gasteiger partial charge on any atom is -0.494 e. The summed E-state index contributed by atoms with van der Waals surface area (Å²) in [5.41, 5.74) is 1.57. The number of nitrogens with zero attached hydrogens (tertiary/aromatic N) is 3. The lowest BCUT2D eigenvalue weighted by Crippen LogP contribution is -2.31. The molecule has 0 unspecified atom stereocenters. The third kappa shape index (κ3) is 4.11. The number of benzene rings is 1. The van der Waals surface area contributed by atoms with Crippen LogP contribution in [0.25, 0.3) is 10.2 Å². The van der Waals surface area contributed by atoms with Crippen molar-refractivity contribution >= 4 is 33.1 Å². The number of fused-ring (bicyclic) bond motifs is 2. The first-order valence-electron chi connectivity index (χ1n) is 11.1. The molecule has 164 valence electrons. The van der Waals surface area contributed by atoms with Crippen LogP contribution in [-0.2, 0) is 13.0 Å². The molecule has 7 heteroatoms. The third-order valence-corrected chi connectivity index (χ3v) is 6.93. The normalized spacial score (nSPS) is 13.6. The summed E-state index contributed by atoms with van der Waals surface area (Å²) in [7, 11) is 0. The van der Waals surface area contributed by atoms with Gasteiger partial charge in [-0.3, -0.25) is 14.2 Å². The third-order valence-electron chi connectivity index (χ3n) is 5.76. The molecule has 4 rings (SSSR count). The number of carbonyl (C=O) groups excluding carboxylic acids is 1. The van der Waals surface area contributed by atoms with E-state index in [1.807, 2.05) is 42.7 Å². The van der Waals surface area contributed by atoms with Gasteiger partial charge in [-0.15, -0.1) is 11.3 Å². The molecule has 1 aliphatic heterocycles. The summed E-state index contributed by atoms with van der Waals surface area (Å²) in [4.78, 5) is 34.7.